The lowest BCUT2D eigenvalue weighted by atomic mass is 9.72. The number of rotatable bonds is 4. The van der Waals surface area contributed by atoms with Crippen molar-refractivity contribution >= 4 is 16.0 Å². The number of benzene rings is 1. The molecule has 9 heteroatoms. The number of carboxylic acids is 1. The van der Waals surface area contributed by atoms with E-state index in [1.165, 1.54) is 4.31 Å². The molecular formula is C16H18F3NO4S. The number of hydrogen-bond donors (Lipinski definition) is 1. The van der Waals surface area contributed by atoms with E-state index in [1.807, 2.05) is 0 Å². The van der Waals surface area contributed by atoms with Crippen molar-refractivity contribution in [1.82, 2.24) is 4.31 Å². The average Bonchev–Trinajstić information content (AvgIpc) is 3.11. The predicted octanol–water partition coefficient (Wildman–Crippen LogP) is 3.11. The Morgan fingerprint density at radius 3 is 2.32 bits per heavy atom. The van der Waals surface area contributed by atoms with Crippen molar-refractivity contribution in [3.63, 3.8) is 0 Å². The maximum atomic E-state index is 12.9. The largest absolute Gasteiger partial charge is 0.481 e. The van der Waals surface area contributed by atoms with E-state index in [9.17, 15) is 31.5 Å². The Labute approximate surface area is 143 Å². The third-order valence-electron chi connectivity index (χ3n) is 5.49. The zero-order valence-corrected chi connectivity index (χ0v) is 14.3. The third kappa shape index (κ3) is 2.64. The molecule has 0 saturated carbocycles. The standard InChI is InChI=1S/C16H18F3NO4S/c1-2-15(14(21)22)9-11-5-8-13(15)20(11)25(23,24)12-6-3-10(4-7-12)16(17,18)19/h3-4,6-7,11,13H,2,5,8-9H2,1H3,(H,21,22)/t11-,13+,15+/m0/s1. The number of alkyl halides is 3. The van der Waals surface area contributed by atoms with Crippen molar-refractivity contribution < 1.29 is 31.5 Å². The zero-order valence-electron chi connectivity index (χ0n) is 13.5. The van der Waals surface area contributed by atoms with Crippen LogP contribution in [-0.4, -0.2) is 35.9 Å². The van der Waals surface area contributed by atoms with Crippen LogP contribution in [0.5, 0.6) is 0 Å². The highest BCUT2D eigenvalue weighted by Gasteiger charge is 2.62. The summed E-state index contributed by atoms with van der Waals surface area (Å²) in [6, 6.07) is 2.25. The summed E-state index contributed by atoms with van der Waals surface area (Å²) in [7, 11) is -4.05. The summed E-state index contributed by atoms with van der Waals surface area (Å²) in [5, 5.41) is 9.62. The van der Waals surface area contributed by atoms with Crippen LogP contribution in [0.25, 0.3) is 0 Å². The highest BCUT2D eigenvalue weighted by molar-refractivity contribution is 7.89. The number of carbonyl (C=O) groups is 1. The maximum absolute atomic E-state index is 12.9. The molecule has 2 heterocycles. The molecule has 0 radical (unpaired) electrons. The number of hydrogen-bond acceptors (Lipinski definition) is 3. The molecule has 0 unspecified atom stereocenters. The Morgan fingerprint density at radius 1 is 1.28 bits per heavy atom. The Bertz CT molecular complexity index is 791. The van der Waals surface area contributed by atoms with Crippen LogP contribution in [0.3, 0.4) is 0 Å². The first kappa shape index (κ1) is 18.2. The summed E-state index contributed by atoms with van der Waals surface area (Å²) in [4.78, 5) is 11.5. The number of sulfonamides is 1. The van der Waals surface area contributed by atoms with Gasteiger partial charge < -0.3 is 5.11 Å². The lowest BCUT2D eigenvalue weighted by Gasteiger charge is -2.32. The van der Waals surface area contributed by atoms with E-state index in [0.717, 1.165) is 24.3 Å². The first-order chi connectivity index (χ1) is 11.5. The minimum atomic E-state index is -4.55. The Morgan fingerprint density at radius 2 is 1.88 bits per heavy atom. The van der Waals surface area contributed by atoms with E-state index in [4.69, 9.17) is 0 Å². The first-order valence-electron chi connectivity index (χ1n) is 7.98. The van der Waals surface area contributed by atoms with Crippen molar-refractivity contribution in [2.24, 2.45) is 5.41 Å². The molecule has 0 aliphatic carbocycles. The molecule has 2 aliphatic rings. The molecule has 25 heavy (non-hydrogen) atoms. The molecule has 5 nitrogen and oxygen atoms in total. The quantitative estimate of drug-likeness (QED) is 0.875. The molecule has 0 amide bonds. The van der Waals surface area contributed by atoms with Gasteiger partial charge in [0.25, 0.3) is 0 Å². The predicted molar refractivity (Wildman–Crippen MR) is 82.3 cm³/mol. The summed E-state index contributed by atoms with van der Waals surface area (Å²) >= 11 is 0. The second-order valence-corrected chi connectivity index (χ2v) is 8.47. The zero-order chi connectivity index (χ0) is 18.6. The van der Waals surface area contributed by atoms with Gasteiger partial charge in [0, 0.05) is 12.1 Å². The SMILES string of the molecule is CC[C@@]1(C(=O)O)C[C@@H]2CC[C@H]1N2S(=O)(=O)c1ccc(C(F)(F)F)cc1. The summed E-state index contributed by atoms with van der Waals surface area (Å²) in [5.74, 6) is -1.02. The molecule has 1 aromatic rings. The smallest absolute Gasteiger partial charge is 0.416 e. The Hall–Kier alpha value is -1.61. The summed E-state index contributed by atoms with van der Waals surface area (Å²) in [6.45, 7) is 1.72. The number of fused-ring (bicyclic) bond motifs is 2. The molecule has 3 rings (SSSR count). The highest BCUT2D eigenvalue weighted by Crippen LogP contribution is 2.53. The van der Waals surface area contributed by atoms with Gasteiger partial charge in [-0.15, -0.1) is 0 Å². The van der Waals surface area contributed by atoms with Crippen LogP contribution < -0.4 is 0 Å². The van der Waals surface area contributed by atoms with Gasteiger partial charge in [0.05, 0.1) is 15.9 Å². The van der Waals surface area contributed by atoms with Gasteiger partial charge in [-0.05, 0) is 49.9 Å². The minimum Gasteiger partial charge on any atom is -0.481 e. The van der Waals surface area contributed by atoms with Crippen LogP contribution in [0.1, 0.15) is 38.2 Å². The fraction of sp³-hybridized carbons (Fsp3) is 0.562. The first-order valence-corrected chi connectivity index (χ1v) is 9.42. The average molecular weight is 377 g/mol. The lowest BCUT2D eigenvalue weighted by Crippen LogP contribution is -2.44. The van der Waals surface area contributed by atoms with Crippen LogP contribution in [0.4, 0.5) is 13.2 Å². The number of halogens is 3. The lowest BCUT2D eigenvalue weighted by molar-refractivity contribution is -0.150. The molecule has 1 aromatic carbocycles. The van der Waals surface area contributed by atoms with E-state index < -0.39 is 45.2 Å². The fourth-order valence-corrected chi connectivity index (χ4v) is 6.13. The highest BCUT2D eigenvalue weighted by atomic mass is 32.2. The van der Waals surface area contributed by atoms with Crippen LogP contribution in [0.2, 0.25) is 0 Å². The Kier molecular flexibility index (Phi) is 4.15. The van der Waals surface area contributed by atoms with Gasteiger partial charge >= 0.3 is 12.1 Å². The van der Waals surface area contributed by atoms with Crippen molar-refractivity contribution in [3.8, 4) is 0 Å². The van der Waals surface area contributed by atoms with Crippen molar-refractivity contribution in [1.29, 1.82) is 0 Å². The van der Waals surface area contributed by atoms with Crippen molar-refractivity contribution in [3.05, 3.63) is 29.8 Å². The monoisotopic (exact) mass is 377 g/mol. The van der Waals surface area contributed by atoms with Gasteiger partial charge in [0.1, 0.15) is 0 Å². The summed E-state index contributed by atoms with van der Waals surface area (Å²) in [6.07, 6.45) is -2.98. The van der Waals surface area contributed by atoms with Crippen LogP contribution in [0, 0.1) is 5.41 Å². The topological polar surface area (TPSA) is 74.7 Å². The van der Waals surface area contributed by atoms with Crippen molar-refractivity contribution in [2.45, 2.75) is 55.8 Å². The molecular weight excluding hydrogens is 359 g/mol. The Balaban J connectivity index is 1.97. The van der Waals surface area contributed by atoms with Crippen LogP contribution >= 0.6 is 0 Å². The molecule has 2 saturated heterocycles. The van der Waals surface area contributed by atoms with Gasteiger partial charge in [-0.1, -0.05) is 6.92 Å². The molecule has 138 valence electrons. The van der Waals surface area contributed by atoms with E-state index in [-0.39, 0.29) is 11.3 Å². The second-order valence-electron chi connectivity index (χ2n) is 6.62. The van der Waals surface area contributed by atoms with Crippen LogP contribution in [0.15, 0.2) is 29.2 Å². The molecule has 2 aliphatic heterocycles. The summed E-state index contributed by atoms with van der Waals surface area (Å²) < 4.78 is 65.1. The molecule has 3 atom stereocenters. The molecule has 1 N–H and O–H groups in total. The molecule has 2 bridgehead atoms. The van der Waals surface area contributed by atoms with E-state index in [2.05, 4.69) is 0 Å². The second kappa shape index (κ2) is 5.70. The molecule has 0 aromatic heterocycles. The fourth-order valence-electron chi connectivity index (χ4n) is 4.19. The minimum absolute atomic E-state index is 0.239. The number of aliphatic carboxylic acids is 1. The maximum Gasteiger partial charge on any atom is 0.416 e. The third-order valence-corrected chi connectivity index (χ3v) is 7.47. The van der Waals surface area contributed by atoms with Gasteiger partial charge in [-0.25, -0.2) is 8.42 Å². The van der Waals surface area contributed by atoms with Crippen molar-refractivity contribution in [2.75, 3.05) is 0 Å². The number of nitrogens with zero attached hydrogens (tertiary/aromatic N) is 1. The molecule has 2 fully saturated rings. The van der Waals surface area contributed by atoms with Gasteiger partial charge in [-0.2, -0.15) is 17.5 Å². The van der Waals surface area contributed by atoms with E-state index >= 15 is 0 Å². The van der Waals surface area contributed by atoms with E-state index in [1.54, 1.807) is 6.92 Å². The van der Waals surface area contributed by atoms with Crippen LogP contribution in [-0.2, 0) is 21.0 Å². The van der Waals surface area contributed by atoms with Gasteiger partial charge in [0.2, 0.25) is 10.0 Å². The normalized spacial score (nSPS) is 29.9. The van der Waals surface area contributed by atoms with Gasteiger partial charge in [-0.3, -0.25) is 4.79 Å². The molecule has 0 spiro atoms. The van der Waals surface area contributed by atoms with Gasteiger partial charge in [0.15, 0.2) is 0 Å². The van der Waals surface area contributed by atoms with E-state index in [0.29, 0.717) is 19.3 Å². The number of carboxylic acid groups (broad SMARTS) is 1. The summed E-state index contributed by atoms with van der Waals surface area (Å²) in [5.41, 5.74) is -2.05.